The predicted molar refractivity (Wildman–Crippen MR) is 58.1 cm³/mol. The highest BCUT2D eigenvalue weighted by atomic mass is 16.1. The van der Waals surface area contributed by atoms with Gasteiger partial charge in [0.05, 0.1) is 6.20 Å². The van der Waals surface area contributed by atoms with Crippen LogP contribution in [0.4, 0.5) is 0 Å². The lowest BCUT2D eigenvalue weighted by Crippen LogP contribution is -2.22. The largest absolute Gasteiger partial charge is 0.345 e. The topological polar surface area (TPSA) is 57.8 Å². The summed E-state index contributed by atoms with van der Waals surface area (Å²) in [5.41, 5.74) is 2.29. The number of H-pyrrole nitrogens is 1. The molecule has 1 heterocycles. The molecule has 1 rings (SSSR count). The first-order chi connectivity index (χ1) is 7.24. The molecule has 0 aromatic carbocycles. The lowest BCUT2D eigenvalue weighted by atomic mass is 10.1. The van der Waals surface area contributed by atoms with Crippen molar-refractivity contribution >= 4 is 5.91 Å². The van der Waals surface area contributed by atoms with Crippen molar-refractivity contribution in [3.63, 3.8) is 0 Å². The van der Waals surface area contributed by atoms with Crippen LogP contribution in [-0.2, 0) is 11.2 Å². The Labute approximate surface area is 89.5 Å². The zero-order chi connectivity index (χ0) is 11.1. The van der Waals surface area contributed by atoms with E-state index in [1.165, 1.54) is 5.56 Å². The fraction of sp³-hybridized carbons (Fsp3) is 0.455. The molecular weight excluding hydrogens is 190 g/mol. The van der Waals surface area contributed by atoms with Crippen LogP contribution >= 0.6 is 0 Å². The summed E-state index contributed by atoms with van der Waals surface area (Å²) in [7, 11) is 0. The molecule has 4 nitrogen and oxygen atoms in total. The minimum Gasteiger partial charge on any atom is -0.345 e. The van der Waals surface area contributed by atoms with Crippen molar-refractivity contribution in [2.45, 2.75) is 26.7 Å². The predicted octanol–water partition coefficient (Wildman–Crippen LogP) is 0.790. The van der Waals surface area contributed by atoms with Gasteiger partial charge in [0, 0.05) is 12.2 Å². The maximum absolute atomic E-state index is 11.0. The fourth-order valence-corrected chi connectivity index (χ4v) is 1.27. The van der Waals surface area contributed by atoms with E-state index in [9.17, 15) is 4.79 Å². The number of nitrogens with zero attached hydrogens (tertiary/aromatic N) is 1. The SMILES string of the molecule is CC#CC(=O)NCCCc1cn[nH]c1C. The van der Waals surface area contributed by atoms with E-state index >= 15 is 0 Å². The standard InChI is InChI=1S/C11H15N3O/c1-3-5-11(15)12-7-4-6-10-8-13-14-9(10)2/h8H,4,6-7H2,1-2H3,(H,12,15)(H,13,14). The Morgan fingerprint density at radius 1 is 1.67 bits per heavy atom. The second kappa shape index (κ2) is 5.86. The first-order valence-electron chi connectivity index (χ1n) is 4.93. The molecular formula is C11H15N3O. The quantitative estimate of drug-likeness (QED) is 0.564. The Balaban J connectivity index is 2.19. The molecule has 0 aliphatic heterocycles. The zero-order valence-corrected chi connectivity index (χ0v) is 9.05. The van der Waals surface area contributed by atoms with Crippen LogP contribution in [-0.4, -0.2) is 22.6 Å². The molecule has 0 bridgehead atoms. The molecule has 0 atom stereocenters. The summed E-state index contributed by atoms with van der Waals surface area (Å²) in [5.74, 6) is 4.78. The third-order valence-electron chi connectivity index (χ3n) is 2.08. The van der Waals surface area contributed by atoms with E-state index in [4.69, 9.17) is 0 Å². The van der Waals surface area contributed by atoms with Gasteiger partial charge in [-0.3, -0.25) is 9.89 Å². The Bertz CT molecular complexity index is 384. The number of aromatic nitrogens is 2. The molecule has 0 saturated heterocycles. The van der Waals surface area contributed by atoms with Crippen molar-refractivity contribution in [2.75, 3.05) is 6.54 Å². The molecule has 15 heavy (non-hydrogen) atoms. The molecule has 4 heteroatoms. The van der Waals surface area contributed by atoms with Gasteiger partial charge in [-0.05, 0) is 38.2 Å². The fourth-order valence-electron chi connectivity index (χ4n) is 1.27. The van der Waals surface area contributed by atoms with Crippen LogP contribution in [0.1, 0.15) is 24.6 Å². The molecule has 1 amide bonds. The molecule has 0 radical (unpaired) electrons. The highest BCUT2D eigenvalue weighted by molar-refractivity contribution is 5.93. The summed E-state index contributed by atoms with van der Waals surface area (Å²) >= 11 is 0. The lowest BCUT2D eigenvalue weighted by molar-refractivity contribution is -0.115. The summed E-state index contributed by atoms with van der Waals surface area (Å²) < 4.78 is 0. The van der Waals surface area contributed by atoms with Crippen molar-refractivity contribution in [1.29, 1.82) is 0 Å². The smallest absolute Gasteiger partial charge is 0.295 e. The second-order valence-electron chi connectivity index (χ2n) is 3.25. The summed E-state index contributed by atoms with van der Waals surface area (Å²) in [4.78, 5) is 11.0. The zero-order valence-electron chi connectivity index (χ0n) is 9.05. The maximum Gasteiger partial charge on any atom is 0.295 e. The Kier molecular flexibility index (Phi) is 4.42. The number of nitrogens with one attached hydrogen (secondary N) is 2. The van der Waals surface area contributed by atoms with Crippen molar-refractivity contribution in [3.05, 3.63) is 17.5 Å². The number of aryl methyl sites for hydroxylation is 2. The van der Waals surface area contributed by atoms with Crippen molar-refractivity contribution in [3.8, 4) is 11.8 Å². The summed E-state index contributed by atoms with van der Waals surface area (Å²) in [5, 5.41) is 9.53. The van der Waals surface area contributed by atoms with Gasteiger partial charge in [0.15, 0.2) is 0 Å². The minimum absolute atomic E-state index is 0.207. The van der Waals surface area contributed by atoms with Gasteiger partial charge in [0.2, 0.25) is 0 Å². The summed E-state index contributed by atoms with van der Waals surface area (Å²) in [6.45, 7) is 4.29. The van der Waals surface area contributed by atoms with Crippen LogP contribution in [0.2, 0.25) is 0 Å². The van der Waals surface area contributed by atoms with Crippen molar-refractivity contribution in [2.24, 2.45) is 0 Å². The molecule has 80 valence electrons. The summed E-state index contributed by atoms with van der Waals surface area (Å²) in [6.07, 6.45) is 3.64. The van der Waals surface area contributed by atoms with E-state index in [-0.39, 0.29) is 5.91 Å². The molecule has 0 unspecified atom stereocenters. The first-order valence-corrected chi connectivity index (χ1v) is 4.93. The van der Waals surface area contributed by atoms with E-state index in [1.54, 1.807) is 6.92 Å². The highest BCUT2D eigenvalue weighted by Gasteiger charge is 2.00. The van der Waals surface area contributed by atoms with Crippen LogP contribution in [0.5, 0.6) is 0 Å². The van der Waals surface area contributed by atoms with Gasteiger partial charge in [0.1, 0.15) is 0 Å². The molecule has 1 aromatic rings. The minimum atomic E-state index is -0.207. The molecule has 1 aromatic heterocycles. The number of amides is 1. The van der Waals surface area contributed by atoms with E-state index in [2.05, 4.69) is 27.4 Å². The Hall–Kier alpha value is -1.76. The van der Waals surface area contributed by atoms with Crippen LogP contribution in [0.15, 0.2) is 6.20 Å². The number of carbonyl (C=O) groups excluding carboxylic acids is 1. The Morgan fingerprint density at radius 3 is 3.07 bits per heavy atom. The van der Waals surface area contributed by atoms with Crippen LogP contribution < -0.4 is 5.32 Å². The van der Waals surface area contributed by atoms with E-state index < -0.39 is 0 Å². The molecule has 2 N–H and O–H groups in total. The van der Waals surface area contributed by atoms with Gasteiger partial charge < -0.3 is 5.32 Å². The third-order valence-corrected chi connectivity index (χ3v) is 2.08. The van der Waals surface area contributed by atoms with Crippen LogP contribution in [0, 0.1) is 18.8 Å². The van der Waals surface area contributed by atoms with E-state index in [1.807, 2.05) is 13.1 Å². The van der Waals surface area contributed by atoms with Gasteiger partial charge in [-0.2, -0.15) is 5.10 Å². The normalized spacial score (nSPS) is 9.20. The van der Waals surface area contributed by atoms with E-state index in [0.717, 1.165) is 18.5 Å². The van der Waals surface area contributed by atoms with Crippen molar-refractivity contribution < 1.29 is 4.79 Å². The van der Waals surface area contributed by atoms with Gasteiger partial charge >= 0.3 is 0 Å². The molecule has 0 spiro atoms. The average Bonchev–Trinajstić information content (AvgIpc) is 2.60. The first kappa shape index (κ1) is 11.3. The highest BCUT2D eigenvalue weighted by Crippen LogP contribution is 2.04. The number of carbonyl (C=O) groups is 1. The maximum atomic E-state index is 11.0. The number of hydrogen-bond donors (Lipinski definition) is 2. The number of hydrogen-bond acceptors (Lipinski definition) is 2. The van der Waals surface area contributed by atoms with Crippen LogP contribution in [0.3, 0.4) is 0 Å². The average molecular weight is 205 g/mol. The summed E-state index contributed by atoms with van der Waals surface area (Å²) in [6, 6.07) is 0. The molecule has 0 saturated carbocycles. The monoisotopic (exact) mass is 205 g/mol. The van der Waals surface area contributed by atoms with Crippen LogP contribution in [0.25, 0.3) is 0 Å². The van der Waals surface area contributed by atoms with Gasteiger partial charge in [-0.15, -0.1) is 0 Å². The number of aromatic amines is 1. The van der Waals surface area contributed by atoms with Gasteiger partial charge in [-0.1, -0.05) is 5.92 Å². The lowest BCUT2D eigenvalue weighted by Gasteiger charge is -2.00. The molecule has 0 fully saturated rings. The van der Waals surface area contributed by atoms with Gasteiger partial charge in [0.25, 0.3) is 5.91 Å². The van der Waals surface area contributed by atoms with Gasteiger partial charge in [-0.25, -0.2) is 0 Å². The Morgan fingerprint density at radius 2 is 2.47 bits per heavy atom. The molecule has 0 aliphatic rings. The van der Waals surface area contributed by atoms with E-state index in [0.29, 0.717) is 6.54 Å². The number of rotatable bonds is 4. The third kappa shape index (κ3) is 3.86. The van der Waals surface area contributed by atoms with Crippen molar-refractivity contribution in [1.82, 2.24) is 15.5 Å². The molecule has 0 aliphatic carbocycles. The second-order valence-corrected chi connectivity index (χ2v) is 3.25.